The number of aromatic nitrogens is 1. The van der Waals surface area contributed by atoms with Gasteiger partial charge in [-0.15, -0.1) is 0 Å². The first-order chi connectivity index (χ1) is 20.3. The maximum Gasteiger partial charge on any atom is 0.253 e. The second-order valence-corrected chi connectivity index (χ2v) is 11.9. The lowest BCUT2D eigenvalue weighted by Crippen LogP contribution is -2.38. The molecule has 4 heterocycles. The fourth-order valence-electron chi connectivity index (χ4n) is 6.26. The van der Waals surface area contributed by atoms with Gasteiger partial charge in [0.1, 0.15) is 11.5 Å². The van der Waals surface area contributed by atoms with Crippen LogP contribution in [0.15, 0.2) is 41.5 Å². The molecule has 0 unspecified atom stereocenters. The van der Waals surface area contributed by atoms with Crippen molar-refractivity contribution in [1.29, 1.82) is 0 Å². The van der Waals surface area contributed by atoms with Gasteiger partial charge in [0.2, 0.25) is 5.91 Å². The molecule has 220 valence electrons. The van der Waals surface area contributed by atoms with E-state index in [4.69, 9.17) is 9.73 Å². The molecule has 3 N–H and O–H groups in total. The minimum Gasteiger partial charge on any atom is -0.379 e. The Morgan fingerprint density at radius 2 is 1.98 bits per heavy atom. The summed E-state index contributed by atoms with van der Waals surface area (Å²) < 4.78 is 5.38. The van der Waals surface area contributed by atoms with Gasteiger partial charge in [0.15, 0.2) is 0 Å². The SMILES string of the molecule is Cc1cc(-c2c[nH]c3c2N=C(c2cc(C)c4c(c2)CN(CCC(=O)N[C@@H]2CCOC2)CC4)CN3)ccc1C(=O)N(C)C. The fourth-order valence-corrected chi connectivity index (χ4v) is 6.26. The highest BCUT2D eigenvalue weighted by Gasteiger charge is 2.24. The van der Waals surface area contributed by atoms with Crippen LogP contribution in [0.4, 0.5) is 11.5 Å². The van der Waals surface area contributed by atoms with Crippen molar-refractivity contribution in [2.75, 3.05) is 52.3 Å². The minimum absolute atomic E-state index is 0.000841. The van der Waals surface area contributed by atoms with Crippen LogP contribution in [0.25, 0.3) is 11.1 Å². The van der Waals surface area contributed by atoms with Crippen LogP contribution in [0.2, 0.25) is 0 Å². The predicted octanol–water partition coefficient (Wildman–Crippen LogP) is 4.20. The third kappa shape index (κ3) is 5.71. The van der Waals surface area contributed by atoms with E-state index in [1.807, 2.05) is 25.3 Å². The van der Waals surface area contributed by atoms with E-state index < -0.39 is 0 Å². The number of carbonyl (C=O) groups is 2. The number of ether oxygens (including phenoxy) is 1. The lowest BCUT2D eigenvalue weighted by atomic mass is 9.91. The Bertz CT molecular complexity index is 1550. The van der Waals surface area contributed by atoms with E-state index >= 15 is 0 Å². The van der Waals surface area contributed by atoms with Crippen molar-refractivity contribution in [2.24, 2.45) is 4.99 Å². The van der Waals surface area contributed by atoms with Crippen molar-refractivity contribution in [1.82, 2.24) is 20.1 Å². The van der Waals surface area contributed by atoms with Gasteiger partial charge in [-0.25, -0.2) is 4.99 Å². The van der Waals surface area contributed by atoms with Crippen molar-refractivity contribution in [3.63, 3.8) is 0 Å². The number of nitrogens with zero attached hydrogens (tertiary/aromatic N) is 3. The lowest BCUT2D eigenvalue weighted by molar-refractivity contribution is -0.122. The highest BCUT2D eigenvalue weighted by atomic mass is 16.5. The van der Waals surface area contributed by atoms with Crippen LogP contribution in [-0.4, -0.2) is 85.3 Å². The highest BCUT2D eigenvalue weighted by molar-refractivity contribution is 6.09. The van der Waals surface area contributed by atoms with Crippen LogP contribution in [0.5, 0.6) is 0 Å². The van der Waals surface area contributed by atoms with Gasteiger partial charge >= 0.3 is 0 Å². The summed E-state index contributed by atoms with van der Waals surface area (Å²) in [6.45, 7) is 8.70. The first-order valence-electron chi connectivity index (χ1n) is 14.8. The number of rotatable bonds is 7. The summed E-state index contributed by atoms with van der Waals surface area (Å²) in [4.78, 5) is 37.5. The van der Waals surface area contributed by atoms with Crippen LogP contribution in [0, 0.1) is 13.8 Å². The molecule has 2 amide bonds. The Balaban J connectivity index is 1.20. The monoisotopic (exact) mass is 568 g/mol. The standard InChI is InChI=1S/C33H40N6O3/c1-20-14-23(15-24-18-39(10-7-26(20)24)11-8-30(40)36-25-9-12-42-19-25)29-17-35-32-31(37-29)28(16-34-32)22-5-6-27(21(2)13-22)33(41)38(3)4/h5-6,13-16,25,34-35H,7-12,17-19H2,1-4H3,(H,36,40)/t25-/m1/s1. The van der Waals surface area contributed by atoms with Crippen LogP contribution < -0.4 is 10.6 Å². The van der Waals surface area contributed by atoms with Gasteiger partial charge in [-0.05, 0) is 78.3 Å². The number of H-pyrrole nitrogens is 1. The Labute approximate surface area is 247 Å². The number of nitrogens with one attached hydrogen (secondary N) is 3. The molecule has 0 bridgehead atoms. The van der Waals surface area contributed by atoms with Crippen LogP contribution in [0.1, 0.15) is 51.0 Å². The quantitative estimate of drug-likeness (QED) is 0.397. The van der Waals surface area contributed by atoms with E-state index in [1.165, 1.54) is 16.7 Å². The third-order valence-electron chi connectivity index (χ3n) is 8.63. The molecule has 2 aromatic carbocycles. The summed E-state index contributed by atoms with van der Waals surface area (Å²) in [5.41, 5.74) is 10.7. The molecule has 42 heavy (non-hydrogen) atoms. The number of hydrogen-bond donors (Lipinski definition) is 3. The normalized spacial score (nSPS) is 18.1. The first kappa shape index (κ1) is 28.2. The number of anilines is 1. The first-order valence-corrected chi connectivity index (χ1v) is 14.8. The summed E-state index contributed by atoms with van der Waals surface area (Å²) in [6, 6.07) is 10.7. The molecule has 1 saturated heterocycles. The van der Waals surface area contributed by atoms with Crippen LogP contribution in [-0.2, 0) is 22.5 Å². The van der Waals surface area contributed by atoms with Gasteiger partial charge in [-0.2, -0.15) is 0 Å². The number of benzene rings is 2. The molecule has 1 fully saturated rings. The van der Waals surface area contributed by atoms with Gasteiger partial charge in [0, 0.05) is 64.1 Å². The van der Waals surface area contributed by atoms with Crippen molar-refractivity contribution >= 4 is 29.0 Å². The summed E-state index contributed by atoms with van der Waals surface area (Å²) >= 11 is 0. The zero-order chi connectivity index (χ0) is 29.4. The maximum absolute atomic E-state index is 12.5. The Morgan fingerprint density at radius 3 is 2.74 bits per heavy atom. The number of hydrogen-bond acceptors (Lipinski definition) is 6. The molecular weight excluding hydrogens is 528 g/mol. The van der Waals surface area contributed by atoms with Crippen LogP contribution in [0.3, 0.4) is 0 Å². The van der Waals surface area contributed by atoms with Gasteiger partial charge in [0.05, 0.1) is 24.9 Å². The Morgan fingerprint density at radius 1 is 1.14 bits per heavy atom. The van der Waals surface area contributed by atoms with E-state index in [0.717, 1.165) is 78.6 Å². The molecule has 0 radical (unpaired) electrons. The smallest absolute Gasteiger partial charge is 0.253 e. The second-order valence-electron chi connectivity index (χ2n) is 11.9. The van der Waals surface area contributed by atoms with Crippen molar-refractivity contribution < 1.29 is 14.3 Å². The van der Waals surface area contributed by atoms with E-state index in [-0.39, 0.29) is 17.9 Å². The van der Waals surface area contributed by atoms with E-state index in [0.29, 0.717) is 25.1 Å². The molecule has 9 nitrogen and oxygen atoms in total. The Hall–Kier alpha value is -3.95. The molecular formula is C33H40N6O3. The summed E-state index contributed by atoms with van der Waals surface area (Å²) in [5.74, 6) is 1.01. The predicted molar refractivity (Wildman–Crippen MR) is 166 cm³/mol. The highest BCUT2D eigenvalue weighted by Crippen LogP contribution is 2.40. The number of carbonyl (C=O) groups excluding carboxylic acids is 2. The molecule has 1 atom stereocenters. The lowest BCUT2D eigenvalue weighted by Gasteiger charge is -2.30. The maximum atomic E-state index is 12.5. The molecule has 3 aliphatic rings. The van der Waals surface area contributed by atoms with Gasteiger partial charge in [-0.3, -0.25) is 14.5 Å². The van der Waals surface area contributed by atoms with Crippen molar-refractivity contribution in [2.45, 2.75) is 45.7 Å². The largest absolute Gasteiger partial charge is 0.379 e. The molecule has 1 aromatic heterocycles. The number of aryl methyl sites for hydroxylation is 2. The van der Waals surface area contributed by atoms with Gasteiger partial charge < -0.3 is 25.3 Å². The number of aliphatic imine (C=N–C) groups is 1. The molecule has 3 aliphatic heterocycles. The fraction of sp³-hybridized carbons (Fsp3) is 0.424. The van der Waals surface area contributed by atoms with E-state index in [1.54, 1.807) is 19.0 Å². The second kappa shape index (κ2) is 11.7. The molecule has 0 saturated carbocycles. The van der Waals surface area contributed by atoms with Crippen LogP contribution >= 0.6 is 0 Å². The summed E-state index contributed by atoms with van der Waals surface area (Å²) in [7, 11) is 3.54. The van der Waals surface area contributed by atoms with E-state index in [2.05, 4.69) is 45.6 Å². The Kier molecular flexibility index (Phi) is 7.88. The summed E-state index contributed by atoms with van der Waals surface area (Å²) in [6.07, 6.45) is 4.38. The third-order valence-corrected chi connectivity index (χ3v) is 8.63. The zero-order valence-corrected chi connectivity index (χ0v) is 25.0. The molecule has 0 aliphatic carbocycles. The molecule has 0 spiro atoms. The molecule has 9 heteroatoms. The minimum atomic E-state index is 0.000841. The molecule has 3 aromatic rings. The van der Waals surface area contributed by atoms with E-state index in [9.17, 15) is 9.59 Å². The number of amides is 2. The topological polar surface area (TPSA) is 102 Å². The number of fused-ring (bicyclic) bond motifs is 2. The summed E-state index contributed by atoms with van der Waals surface area (Å²) in [5, 5.41) is 6.62. The number of aromatic amines is 1. The van der Waals surface area contributed by atoms with Gasteiger partial charge in [-0.1, -0.05) is 12.1 Å². The average molecular weight is 569 g/mol. The van der Waals surface area contributed by atoms with Crippen molar-refractivity contribution in [3.8, 4) is 11.1 Å². The zero-order valence-electron chi connectivity index (χ0n) is 25.0. The van der Waals surface area contributed by atoms with Gasteiger partial charge in [0.25, 0.3) is 5.91 Å². The van der Waals surface area contributed by atoms with Crippen molar-refractivity contribution in [3.05, 3.63) is 69.9 Å². The molecule has 6 rings (SSSR count). The average Bonchev–Trinajstić information content (AvgIpc) is 3.65.